The molecule has 0 unspecified atom stereocenters. The number of aryl methyl sites for hydroxylation is 1. The van der Waals surface area contributed by atoms with Gasteiger partial charge in [-0.15, -0.1) is 0 Å². The van der Waals surface area contributed by atoms with Crippen LogP contribution in [0.25, 0.3) is 11.0 Å². The van der Waals surface area contributed by atoms with E-state index >= 15 is 0 Å². The van der Waals surface area contributed by atoms with E-state index in [-0.39, 0.29) is 11.4 Å². The lowest BCUT2D eigenvalue weighted by Gasteiger charge is -2.45. The highest BCUT2D eigenvalue weighted by molar-refractivity contribution is 6.33. The predicted octanol–water partition coefficient (Wildman–Crippen LogP) is 5.75. The Kier molecular flexibility index (Phi) is 7.19. The molecule has 2 aliphatic rings. The summed E-state index contributed by atoms with van der Waals surface area (Å²) in [6.07, 6.45) is 6.90. The number of hydrogen-bond donors (Lipinski definition) is 1. The monoisotopic (exact) mass is 494 g/mol. The molecule has 0 amide bonds. The minimum atomic E-state index is -0.352. The zero-order valence-electron chi connectivity index (χ0n) is 20.7. The van der Waals surface area contributed by atoms with Crippen LogP contribution in [0.2, 0.25) is 5.02 Å². The molecule has 1 N–H and O–H groups in total. The maximum absolute atomic E-state index is 13.1. The van der Waals surface area contributed by atoms with E-state index in [9.17, 15) is 9.90 Å². The summed E-state index contributed by atoms with van der Waals surface area (Å²) in [7, 11) is 2.09. The van der Waals surface area contributed by atoms with Gasteiger partial charge >= 0.3 is 5.63 Å². The Balaban J connectivity index is 1.44. The first kappa shape index (κ1) is 24.4. The number of phenolic OH excluding ortho intramolecular Hbond substituents is 1. The standard InChI is InChI=1S/C29H35ClN2O3/c1-19-22-16-25(30)27(33)24(28(22)35-29(34)23(19)15-20-9-4-3-5-10-20)18-31(2)17-21-11-8-14-32-13-7-6-12-26(21)32/h3-5,9-10,16,21,26,33H,6-8,11-15,17-18H2,1-2H3/t21-,26+/m0/s1. The quantitative estimate of drug-likeness (QED) is 0.442. The molecular formula is C29H35ClN2O3. The fourth-order valence-corrected chi connectivity index (χ4v) is 6.44. The topological polar surface area (TPSA) is 56.9 Å². The molecule has 2 aliphatic heterocycles. The summed E-state index contributed by atoms with van der Waals surface area (Å²) in [5, 5.41) is 12.0. The van der Waals surface area contributed by atoms with Crippen LogP contribution in [0.3, 0.4) is 0 Å². The van der Waals surface area contributed by atoms with Crippen molar-refractivity contribution in [3.05, 3.63) is 74.1 Å². The number of phenols is 1. The van der Waals surface area contributed by atoms with E-state index in [1.165, 1.54) is 45.2 Å². The van der Waals surface area contributed by atoms with Gasteiger partial charge in [0.2, 0.25) is 0 Å². The normalized spacial score (nSPS) is 20.9. The van der Waals surface area contributed by atoms with Crippen LogP contribution in [-0.2, 0) is 13.0 Å². The lowest BCUT2D eigenvalue weighted by molar-refractivity contribution is 0.0434. The number of benzene rings is 2. The highest BCUT2D eigenvalue weighted by Crippen LogP contribution is 2.38. The lowest BCUT2D eigenvalue weighted by atomic mass is 9.83. The van der Waals surface area contributed by atoms with Gasteiger partial charge in [-0.25, -0.2) is 4.79 Å². The van der Waals surface area contributed by atoms with Gasteiger partial charge in [-0.1, -0.05) is 48.4 Å². The van der Waals surface area contributed by atoms with Gasteiger partial charge in [0, 0.05) is 36.5 Å². The fraction of sp³-hybridized carbons (Fsp3) is 0.483. The van der Waals surface area contributed by atoms with Gasteiger partial charge in [-0.2, -0.15) is 0 Å². The molecule has 0 bridgehead atoms. The smallest absolute Gasteiger partial charge is 0.340 e. The number of fused-ring (bicyclic) bond motifs is 2. The van der Waals surface area contributed by atoms with E-state index in [1.54, 1.807) is 6.07 Å². The van der Waals surface area contributed by atoms with Crippen molar-refractivity contribution in [2.75, 3.05) is 26.7 Å². The van der Waals surface area contributed by atoms with Crippen LogP contribution in [0.1, 0.15) is 54.4 Å². The van der Waals surface area contributed by atoms with Crippen LogP contribution < -0.4 is 5.63 Å². The zero-order valence-corrected chi connectivity index (χ0v) is 21.5. The van der Waals surface area contributed by atoms with Crippen molar-refractivity contribution >= 4 is 22.6 Å². The van der Waals surface area contributed by atoms with Crippen molar-refractivity contribution in [3.8, 4) is 5.75 Å². The summed E-state index contributed by atoms with van der Waals surface area (Å²) in [5.41, 5.74) is 3.23. The number of piperidine rings is 2. The van der Waals surface area contributed by atoms with Crippen molar-refractivity contribution in [2.45, 2.75) is 58.0 Å². The molecule has 186 valence electrons. The third-order valence-corrected chi connectivity index (χ3v) is 8.31. The Labute approximate surface area is 212 Å². The maximum Gasteiger partial charge on any atom is 0.340 e. The van der Waals surface area contributed by atoms with Gasteiger partial charge in [0.1, 0.15) is 11.3 Å². The number of rotatable bonds is 6. The Morgan fingerprint density at radius 3 is 2.69 bits per heavy atom. The molecule has 2 saturated heterocycles. The second-order valence-corrected chi connectivity index (χ2v) is 10.8. The molecule has 2 atom stereocenters. The van der Waals surface area contributed by atoms with Crippen LogP contribution in [-0.4, -0.2) is 47.6 Å². The van der Waals surface area contributed by atoms with Gasteiger partial charge in [-0.3, -0.25) is 0 Å². The summed E-state index contributed by atoms with van der Waals surface area (Å²) in [6, 6.07) is 12.3. The number of nitrogens with zero attached hydrogens (tertiary/aromatic N) is 2. The van der Waals surface area contributed by atoms with Gasteiger partial charge in [-0.05, 0) is 75.9 Å². The van der Waals surface area contributed by atoms with Gasteiger partial charge in [0.25, 0.3) is 0 Å². The third kappa shape index (κ3) is 5.00. The predicted molar refractivity (Wildman–Crippen MR) is 141 cm³/mol. The molecule has 2 aromatic carbocycles. The molecule has 0 spiro atoms. The molecule has 5 rings (SSSR count). The van der Waals surface area contributed by atoms with Crippen LogP contribution >= 0.6 is 11.6 Å². The van der Waals surface area contributed by atoms with E-state index < -0.39 is 0 Å². The van der Waals surface area contributed by atoms with Crippen molar-refractivity contribution in [2.24, 2.45) is 5.92 Å². The van der Waals surface area contributed by atoms with Crippen molar-refractivity contribution in [3.63, 3.8) is 0 Å². The van der Waals surface area contributed by atoms with Crippen molar-refractivity contribution in [1.82, 2.24) is 9.80 Å². The molecule has 0 saturated carbocycles. The van der Waals surface area contributed by atoms with Gasteiger partial charge in [0.05, 0.1) is 10.6 Å². The highest BCUT2D eigenvalue weighted by Gasteiger charge is 2.33. The van der Waals surface area contributed by atoms with E-state index in [1.807, 2.05) is 37.3 Å². The maximum atomic E-state index is 13.1. The number of aromatic hydroxyl groups is 1. The SMILES string of the molecule is Cc1c(Cc2ccccc2)c(=O)oc2c(CN(C)C[C@@H]3CCCN4CCCC[C@H]34)c(O)c(Cl)cc12. The van der Waals surface area contributed by atoms with Crippen LogP contribution in [0.5, 0.6) is 5.75 Å². The minimum absolute atomic E-state index is 0.00677. The number of hydrogen-bond acceptors (Lipinski definition) is 5. The Morgan fingerprint density at radius 1 is 1.11 bits per heavy atom. The first-order chi connectivity index (χ1) is 16.9. The van der Waals surface area contributed by atoms with Crippen molar-refractivity contribution < 1.29 is 9.52 Å². The summed E-state index contributed by atoms with van der Waals surface area (Å²) in [5.74, 6) is 0.625. The summed E-state index contributed by atoms with van der Waals surface area (Å²) in [4.78, 5) is 18.0. The van der Waals surface area contributed by atoms with E-state index in [4.69, 9.17) is 16.0 Å². The third-order valence-electron chi connectivity index (χ3n) is 8.03. The average Bonchev–Trinajstić information content (AvgIpc) is 2.86. The van der Waals surface area contributed by atoms with E-state index in [2.05, 4.69) is 16.8 Å². The summed E-state index contributed by atoms with van der Waals surface area (Å²) < 4.78 is 5.88. The lowest BCUT2D eigenvalue weighted by Crippen LogP contribution is -2.50. The molecule has 5 nitrogen and oxygen atoms in total. The first-order valence-corrected chi connectivity index (χ1v) is 13.2. The second kappa shape index (κ2) is 10.3. The zero-order chi connectivity index (χ0) is 24.5. The molecule has 3 heterocycles. The average molecular weight is 495 g/mol. The molecule has 2 fully saturated rings. The summed E-state index contributed by atoms with van der Waals surface area (Å²) >= 11 is 6.49. The molecule has 3 aromatic rings. The fourth-order valence-electron chi connectivity index (χ4n) is 6.22. The van der Waals surface area contributed by atoms with Crippen LogP contribution in [0.15, 0.2) is 45.6 Å². The molecule has 1 aromatic heterocycles. The Morgan fingerprint density at radius 2 is 1.89 bits per heavy atom. The minimum Gasteiger partial charge on any atom is -0.506 e. The summed E-state index contributed by atoms with van der Waals surface area (Å²) in [6.45, 7) is 5.81. The molecule has 0 radical (unpaired) electrons. The van der Waals surface area contributed by atoms with Gasteiger partial charge in [0.15, 0.2) is 0 Å². The number of halogens is 1. The Bertz CT molecular complexity index is 1250. The van der Waals surface area contributed by atoms with Crippen molar-refractivity contribution in [1.29, 1.82) is 0 Å². The molecule has 0 aliphatic carbocycles. The van der Waals surface area contributed by atoms with E-state index in [0.29, 0.717) is 46.7 Å². The Hall–Kier alpha value is -2.34. The van der Waals surface area contributed by atoms with Crippen LogP contribution in [0.4, 0.5) is 0 Å². The van der Waals surface area contributed by atoms with Gasteiger partial charge < -0.3 is 19.3 Å². The van der Waals surface area contributed by atoms with Crippen LogP contribution in [0, 0.1) is 12.8 Å². The highest BCUT2D eigenvalue weighted by atomic mass is 35.5. The van der Waals surface area contributed by atoms with E-state index in [0.717, 1.165) is 23.1 Å². The molecule has 35 heavy (non-hydrogen) atoms. The first-order valence-electron chi connectivity index (χ1n) is 12.9. The molecular weight excluding hydrogens is 460 g/mol. The second-order valence-electron chi connectivity index (χ2n) is 10.4. The largest absolute Gasteiger partial charge is 0.506 e. The molecule has 6 heteroatoms.